The predicted octanol–water partition coefficient (Wildman–Crippen LogP) is 2.75. The third-order valence-corrected chi connectivity index (χ3v) is 7.36. The van der Waals surface area contributed by atoms with Crippen molar-refractivity contribution in [3.05, 3.63) is 5.15 Å². The van der Waals surface area contributed by atoms with Crippen molar-refractivity contribution in [2.75, 3.05) is 19.0 Å². The summed E-state index contributed by atoms with van der Waals surface area (Å²) >= 11 is 7.95. The highest BCUT2D eigenvalue weighted by molar-refractivity contribution is 7.99. The quantitative estimate of drug-likeness (QED) is 0.383. The van der Waals surface area contributed by atoms with Gasteiger partial charge < -0.3 is 19.3 Å². The van der Waals surface area contributed by atoms with Crippen molar-refractivity contribution < 1.29 is 19.3 Å². The molecule has 0 amide bonds. The summed E-state index contributed by atoms with van der Waals surface area (Å²) in [5, 5.41) is 18.8. The number of thioether (sulfide) groups is 1. The Hall–Kier alpha value is -1.04. The van der Waals surface area contributed by atoms with E-state index in [0.717, 1.165) is 37.9 Å². The Morgan fingerprint density at radius 1 is 1.27 bits per heavy atom. The fraction of sp³-hybridized carbons (Fsp3) is 0.789. The van der Waals surface area contributed by atoms with E-state index in [9.17, 15) is 5.11 Å². The van der Waals surface area contributed by atoms with Gasteiger partial charge in [-0.2, -0.15) is 0 Å². The molecule has 11 heteroatoms. The van der Waals surface area contributed by atoms with Crippen molar-refractivity contribution in [2.24, 2.45) is 0 Å². The molecule has 2 aromatic heterocycles. The molecule has 1 aliphatic heterocycles. The Balaban J connectivity index is 1.49. The molecule has 0 bridgehead atoms. The fourth-order valence-corrected chi connectivity index (χ4v) is 5.71. The van der Waals surface area contributed by atoms with Gasteiger partial charge in [0.25, 0.3) is 0 Å². The first-order chi connectivity index (χ1) is 14.6. The summed E-state index contributed by atoms with van der Waals surface area (Å²) in [5.74, 6) is 0.383. The highest BCUT2D eigenvalue weighted by Crippen LogP contribution is 2.50. The minimum Gasteiger partial charge on any atom is -0.394 e. The average molecular weight is 456 g/mol. The molecule has 0 radical (unpaired) electrons. The van der Waals surface area contributed by atoms with Crippen LogP contribution in [-0.2, 0) is 14.2 Å². The normalized spacial score (nSPS) is 30.0. The van der Waals surface area contributed by atoms with Crippen LogP contribution in [0.4, 0.5) is 0 Å². The van der Waals surface area contributed by atoms with Crippen LogP contribution < -0.4 is 0 Å². The Morgan fingerprint density at radius 2 is 2.07 bits per heavy atom. The monoisotopic (exact) mass is 455 g/mol. The molecule has 2 saturated carbocycles. The zero-order valence-electron chi connectivity index (χ0n) is 16.9. The third-order valence-electron chi connectivity index (χ3n) is 6.04. The smallest absolute Gasteiger partial charge is 0.191 e. The Kier molecular flexibility index (Phi) is 5.89. The van der Waals surface area contributed by atoms with Crippen LogP contribution >= 0.6 is 23.4 Å². The van der Waals surface area contributed by atoms with E-state index in [-0.39, 0.29) is 37.6 Å². The van der Waals surface area contributed by atoms with Crippen LogP contribution in [0.25, 0.3) is 11.2 Å². The number of halogens is 1. The summed E-state index contributed by atoms with van der Waals surface area (Å²) in [4.78, 5) is 9.05. The second-order valence-corrected chi connectivity index (χ2v) is 9.49. The zero-order chi connectivity index (χ0) is 20.7. The lowest BCUT2D eigenvalue weighted by Crippen LogP contribution is -2.32. The largest absolute Gasteiger partial charge is 0.394 e. The highest BCUT2D eigenvalue weighted by atomic mass is 35.5. The van der Waals surface area contributed by atoms with Gasteiger partial charge >= 0.3 is 0 Å². The van der Waals surface area contributed by atoms with Crippen molar-refractivity contribution in [3.8, 4) is 0 Å². The van der Waals surface area contributed by atoms with E-state index in [0.29, 0.717) is 27.9 Å². The van der Waals surface area contributed by atoms with E-state index in [4.69, 9.17) is 30.8 Å². The second-order valence-electron chi connectivity index (χ2n) is 8.07. The number of aliphatic hydroxyl groups is 1. The first-order valence-electron chi connectivity index (χ1n) is 10.6. The van der Waals surface area contributed by atoms with Gasteiger partial charge in [0.1, 0.15) is 12.2 Å². The Labute approximate surface area is 183 Å². The van der Waals surface area contributed by atoms with E-state index < -0.39 is 5.79 Å². The molecule has 2 aromatic rings. The van der Waals surface area contributed by atoms with Gasteiger partial charge in [0.15, 0.2) is 27.3 Å². The van der Waals surface area contributed by atoms with E-state index in [1.807, 2.05) is 0 Å². The standard InChI is InChI=1S/C19H26ClN5O4S/c1-2-9-30-18-21-16(20)13-17(22-18)25(24-23-13)11-10-12(27-8-7-26)15-14(11)28-19(29-15)5-3-4-6-19/h11-12,14-15,26H,2-10H2,1H3/t11-,12+,14+,15-/m1/s1. The van der Waals surface area contributed by atoms with Gasteiger partial charge in [-0.15, -0.1) is 5.10 Å². The first kappa shape index (κ1) is 20.8. The van der Waals surface area contributed by atoms with Crippen molar-refractivity contribution in [1.29, 1.82) is 0 Å². The average Bonchev–Trinajstić information content (AvgIpc) is 3.50. The second kappa shape index (κ2) is 8.48. The van der Waals surface area contributed by atoms with Crippen molar-refractivity contribution in [3.63, 3.8) is 0 Å². The number of fused-ring (bicyclic) bond motifs is 2. The van der Waals surface area contributed by atoms with Gasteiger partial charge in [-0.25, -0.2) is 14.6 Å². The topological polar surface area (TPSA) is 104 Å². The molecule has 0 unspecified atom stereocenters. The molecule has 1 N–H and O–H groups in total. The lowest BCUT2D eigenvalue weighted by atomic mass is 10.2. The number of ether oxygens (including phenoxy) is 3. The predicted molar refractivity (Wildman–Crippen MR) is 111 cm³/mol. The highest BCUT2D eigenvalue weighted by Gasteiger charge is 2.59. The van der Waals surface area contributed by atoms with Crippen LogP contribution in [0.15, 0.2) is 5.16 Å². The summed E-state index contributed by atoms with van der Waals surface area (Å²) in [6.07, 6.45) is 5.04. The number of rotatable bonds is 7. The lowest BCUT2D eigenvalue weighted by molar-refractivity contribution is -0.190. The third kappa shape index (κ3) is 3.61. The maximum atomic E-state index is 9.24. The zero-order valence-corrected chi connectivity index (χ0v) is 18.4. The minimum absolute atomic E-state index is 0.0301. The molecule has 5 rings (SSSR count). The summed E-state index contributed by atoms with van der Waals surface area (Å²) in [6.45, 7) is 2.35. The molecule has 3 aliphatic rings. The van der Waals surface area contributed by atoms with Crippen LogP contribution in [-0.4, -0.2) is 73.1 Å². The van der Waals surface area contributed by atoms with Crippen molar-refractivity contribution in [2.45, 2.75) is 80.7 Å². The van der Waals surface area contributed by atoms with Gasteiger partial charge in [0, 0.05) is 25.0 Å². The molecule has 1 spiro atoms. The molecule has 1 saturated heterocycles. The molecule has 30 heavy (non-hydrogen) atoms. The van der Waals surface area contributed by atoms with Gasteiger partial charge in [0.05, 0.1) is 25.4 Å². The molecular weight excluding hydrogens is 430 g/mol. The van der Waals surface area contributed by atoms with Crippen LogP contribution in [0.1, 0.15) is 51.5 Å². The van der Waals surface area contributed by atoms with E-state index in [1.165, 1.54) is 0 Å². The molecule has 2 aliphatic carbocycles. The van der Waals surface area contributed by atoms with E-state index in [2.05, 4.69) is 22.2 Å². The molecule has 164 valence electrons. The van der Waals surface area contributed by atoms with Gasteiger partial charge in [-0.1, -0.05) is 35.5 Å². The molecule has 0 aromatic carbocycles. The minimum atomic E-state index is -0.528. The summed E-state index contributed by atoms with van der Waals surface area (Å²) in [7, 11) is 0. The van der Waals surface area contributed by atoms with Crippen molar-refractivity contribution in [1.82, 2.24) is 25.0 Å². The van der Waals surface area contributed by atoms with E-state index in [1.54, 1.807) is 16.4 Å². The van der Waals surface area contributed by atoms with Crippen LogP contribution in [0, 0.1) is 0 Å². The first-order valence-corrected chi connectivity index (χ1v) is 12.0. The van der Waals surface area contributed by atoms with E-state index >= 15 is 0 Å². The van der Waals surface area contributed by atoms with Crippen LogP contribution in [0.5, 0.6) is 0 Å². The number of aromatic nitrogens is 5. The fourth-order valence-electron chi connectivity index (χ4n) is 4.76. The molecule has 4 atom stereocenters. The Morgan fingerprint density at radius 3 is 2.83 bits per heavy atom. The number of aliphatic hydroxyl groups excluding tert-OH is 1. The molecule has 9 nitrogen and oxygen atoms in total. The number of nitrogens with zero attached hydrogens (tertiary/aromatic N) is 5. The SMILES string of the molecule is CCCSc1nc(Cl)c2nnn([C@@H]3C[C@H](OCCO)[C@H]4OC5(CCCC5)O[C@H]43)c2n1. The summed E-state index contributed by atoms with van der Waals surface area (Å²) in [6, 6.07) is -0.140. The molecule has 3 heterocycles. The van der Waals surface area contributed by atoms with Gasteiger partial charge in [-0.05, 0) is 19.3 Å². The maximum absolute atomic E-state index is 9.24. The summed E-state index contributed by atoms with van der Waals surface area (Å²) < 4.78 is 20.7. The van der Waals surface area contributed by atoms with Gasteiger partial charge in [0.2, 0.25) is 0 Å². The lowest BCUT2D eigenvalue weighted by Gasteiger charge is -2.26. The van der Waals surface area contributed by atoms with Crippen LogP contribution in [0.2, 0.25) is 5.15 Å². The molecule has 3 fully saturated rings. The van der Waals surface area contributed by atoms with Crippen LogP contribution in [0.3, 0.4) is 0 Å². The molecular formula is C19H26ClN5O4S. The number of hydrogen-bond donors (Lipinski definition) is 1. The Bertz CT molecular complexity index is 908. The number of hydrogen-bond acceptors (Lipinski definition) is 9. The van der Waals surface area contributed by atoms with Gasteiger partial charge in [-0.3, -0.25) is 0 Å². The maximum Gasteiger partial charge on any atom is 0.191 e. The van der Waals surface area contributed by atoms with Crippen molar-refractivity contribution >= 4 is 34.5 Å². The summed E-state index contributed by atoms with van der Waals surface area (Å²) in [5.41, 5.74) is 1.10.